The first-order chi connectivity index (χ1) is 15.0. The molecule has 7 nitrogen and oxygen atoms in total. The molecule has 3 aromatic rings. The second-order valence-corrected chi connectivity index (χ2v) is 7.43. The van der Waals surface area contributed by atoms with E-state index >= 15 is 0 Å². The van der Waals surface area contributed by atoms with Gasteiger partial charge in [-0.1, -0.05) is 24.3 Å². The van der Waals surface area contributed by atoms with Crippen LogP contribution in [0.5, 0.6) is 17.2 Å². The molecule has 0 radical (unpaired) electrons. The summed E-state index contributed by atoms with van der Waals surface area (Å²) in [5.74, 6) is 1.85. The quantitative estimate of drug-likeness (QED) is 0.505. The molecule has 0 atom stereocenters. The number of aromatic nitrogens is 2. The van der Waals surface area contributed by atoms with Gasteiger partial charge in [-0.2, -0.15) is 5.10 Å². The molecule has 0 amide bonds. The summed E-state index contributed by atoms with van der Waals surface area (Å²) in [5.41, 5.74) is 6.73. The number of nitrogens with zero attached hydrogens (tertiary/aromatic N) is 2. The van der Waals surface area contributed by atoms with Crippen molar-refractivity contribution >= 4 is 11.4 Å². The van der Waals surface area contributed by atoms with Crippen molar-refractivity contribution in [3.8, 4) is 17.2 Å². The Labute approximate surface area is 184 Å². The van der Waals surface area contributed by atoms with Gasteiger partial charge in [-0.25, -0.2) is 0 Å². The third kappa shape index (κ3) is 5.23. The van der Waals surface area contributed by atoms with Crippen LogP contribution in [0, 0.1) is 13.8 Å². The fourth-order valence-electron chi connectivity index (χ4n) is 3.57. The van der Waals surface area contributed by atoms with E-state index in [-0.39, 0.29) is 0 Å². The number of nitrogens with one attached hydrogen (secondary N) is 2. The lowest BCUT2D eigenvalue weighted by molar-refractivity contribution is 0.324. The van der Waals surface area contributed by atoms with Gasteiger partial charge in [0.1, 0.15) is 0 Å². The highest BCUT2D eigenvalue weighted by Crippen LogP contribution is 2.40. The molecule has 2 aromatic carbocycles. The molecule has 0 saturated heterocycles. The van der Waals surface area contributed by atoms with Crippen LogP contribution in [0.3, 0.4) is 0 Å². The number of benzene rings is 2. The van der Waals surface area contributed by atoms with E-state index < -0.39 is 0 Å². The summed E-state index contributed by atoms with van der Waals surface area (Å²) >= 11 is 0. The Kier molecular flexibility index (Phi) is 7.28. The van der Waals surface area contributed by atoms with E-state index in [0.29, 0.717) is 23.8 Å². The maximum Gasteiger partial charge on any atom is 0.203 e. The predicted octanol–water partition coefficient (Wildman–Crippen LogP) is 4.33. The first-order valence-electron chi connectivity index (χ1n) is 10.3. The summed E-state index contributed by atoms with van der Waals surface area (Å²) in [6.07, 6.45) is 0.953. The average molecular weight is 425 g/mol. The molecule has 2 N–H and O–H groups in total. The molecule has 0 aliphatic carbocycles. The minimum absolute atomic E-state index is 0.588. The van der Waals surface area contributed by atoms with Crippen LogP contribution in [-0.2, 0) is 20.0 Å². The number of aryl methyl sites for hydroxylation is 2. The fraction of sp³-hybridized carbons (Fsp3) is 0.375. The predicted molar refractivity (Wildman–Crippen MR) is 125 cm³/mol. The molecule has 31 heavy (non-hydrogen) atoms. The largest absolute Gasteiger partial charge is 0.493 e. The van der Waals surface area contributed by atoms with Crippen molar-refractivity contribution in [3.63, 3.8) is 0 Å². The molecule has 0 fully saturated rings. The number of anilines is 2. The third-order valence-corrected chi connectivity index (χ3v) is 5.41. The summed E-state index contributed by atoms with van der Waals surface area (Å²) in [7, 11) is 6.80. The summed E-state index contributed by atoms with van der Waals surface area (Å²) in [4.78, 5) is 0. The van der Waals surface area contributed by atoms with Crippen molar-refractivity contribution in [1.29, 1.82) is 0 Å². The highest BCUT2D eigenvalue weighted by molar-refractivity contribution is 5.62. The number of hydrogen-bond acceptors (Lipinski definition) is 6. The average Bonchev–Trinajstić information content (AvgIpc) is 3.03. The van der Waals surface area contributed by atoms with Gasteiger partial charge in [0, 0.05) is 38.0 Å². The Morgan fingerprint density at radius 1 is 0.871 bits per heavy atom. The normalized spacial score (nSPS) is 10.6. The van der Waals surface area contributed by atoms with Crippen LogP contribution in [0.1, 0.15) is 22.5 Å². The molecule has 0 aliphatic rings. The monoisotopic (exact) mass is 424 g/mol. The number of hydrogen-bond donors (Lipinski definition) is 2. The van der Waals surface area contributed by atoms with Crippen LogP contribution in [0.4, 0.5) is 11.4 Å². The zero-order chi connectivity index (χ0) is 22.4. The minimum Gasteiger partial charge on any atom is -0.493 e. The molecule has 1 heterocycles. The summed E-state index contributed by atoms with van der Waals surface area (Å²) in [5, 5.41) is 11.4. The molecular formula is C24H32N4O3. The van der Waals surface area contributed by atoms with Gasteiger partial charge in [0.15, 0.2) is 11.5 Å². The van der Waals surface area contributed by atoms with Crippen LogP contribution < -0.4 is 24.8 Å². The third-order valence-electron chi connectivity index (χ3n) is 5.41. The lowest BCUT2D eigenvalue weighted by Gasteiger charge is -2.15. The molecule has 7 heteroatoms. The zero-order valence-electron chi connectivity index (χ0n) is 19.2. The van der Waals surface area contributed by atoms with Gasteiger partial charge in [0.05, 0.1) is 38.4 Å². The Morgan fingerprint density at radius 2 is 1.48 bits per heavy atom. The van der Waals surface area contributed by atoms with E-state index in [4.69, 9.17) is 14.2 Å². The number of methoxy groups -OCH3 is 3. The second-order valence-electron chi connectivity index (χ2n) is 7.43. The van der Waals surface area contributed by atoms with Crippen molar-refractivity contribution in [2.75, 3.05) is 38.5 Å². The summed E-state index contributed by atoms with van der Waals surface area (Å²) in [6, 6.07) is 12.5. The molecule has 0 aliphatic heterocycles. The van der Waals surface area contributed by atoms with Crippen LogP contribution in [0.15, 0.2) is 36.4 Å². The maximum absolute atomic E-state index is 5.42. The van der Waals surface area contributed by atoms with Crippen molar-refractivity contribution < 1.29 is 14.2 Å². The molecule has 0 unspecified atom stereocenters. The van der Waals surface area contributed by atoms with Gasteiger partial charge in [-0.15, -0.1) is 0 Å². The smallest absolute Gasteiger partial charge is 0.203 e. The molecular weight excluding hydrogens is 392 g/mol. The van der Waals surface area contributed by atoms with Gasteiger partial charge in [0.25, 0.3) is 0 Å². The lowest BCUT2D eigenvalue weighted by Crippen LogP contribution is -2.07. The van der Waals surface area contributed by atoms with Gasteiger partial charge in [-0.3, -0.25) is 4.68 Å². The van der Waals surface area contributed by atoms with Crippen molar-refractivity contribution in [1.82, 2.24) is 9.78 Å². The Morgan fingerprint density at radius 3 is 2.00 bits per heavy atom. The van der Waals surface area contributed by atoms with Crippen LogP contribution >= 0.6 is 0 Å². The van der Waals surface area contributed by atoms with E-state index in [2.05, 4.69) is 46.9 Å². The van der Waals surface area contributed by atoms with E-state index in [1.807, 2.05) is 30.8 Å². The van der Waals surface area contributed by atoms with Gasteiger partial charge in [0.2, 0.25) is 5.75 Å². The molecule has 0 saturated carbocycles. The first-order valence-corrected chi connectivity index (χ1v) is 10.3. The number of ether oxygens (including phenoxy) is 3. The Bertz CT molecular complexity index is 987. The van der Waals surface area contributed by atoms with Crippen LogP contribution in [0.25, 0.3) is 0 Å². The summed E-state index contributed by atoms with van der Waals surface area (Å²) < 4.78 is 18.1. The van der Waals surface area contributed by atoms with Crippen LogP contribution in [-0.4, -0.2) is 37.7 Å². The van der Waals surface area contributed by atoms with Crippen LogP contribution in [0.2, 0.25) is 0 Å². The zero-order valence-corrected chi connectivity index (χ0v) is 19.2. The van der Waals surface area contributed by atoms with Crippen molar-refractivity contribution in [2.24, 2.45) is 7.05 Å². The molecule has 1 aromatic heterocycles. The Balaban J connectivity index is 1.56. The SMILES string of the molecule is COc1cc(NCc2ccc(CCNc3c(C)nn(C)c3C)cc2)cc(OC)c1OC. The molecule has 0 spiro atoms. The van der Waals surface area contributed by atoms with Crippen molar-refractivity contribution in [2.45, 2.75) is 26.8 Å². The highest BCUT2D eigenvalue weighted by atomic mass is 16.5. The van der Waals surface area contributed by atoms with E-state index in [1.165, 1.54) is 11.1 Å². The topological polar surface area (TPSA) is 69.6 Å². The van der Waals surface area contributed by atoms with E-state index in [0.717, 1.165) is 35.7 Å². The number of rotatable bonds is 10. The fourth-order valence-corrected chi connectivity index (χ4v) is 3.57. The Hall–Kier alpha value is -3.35. The first kappa shape index (κ1) is 22.3. The van der Waals surface area contributed by atoms with Gasteiger partial charge < -0.3 is 24.8 Å². The summed E-state index contributed by atoms with van der Waals surface area (Å²) in [6.45, 7) is 5.69. The van der Waals surface area contributed by atoms with E-state index in [9.17, 15) is 0 Å². The van der Waals surface area contributed by atoms with Gasteiger partial charge in [-0.05, 0) is 31.4 Å². The second kappa shape index (κ2) is 10.1. The standard InChI is InChI=1S/C24H32N4O3/c1-16-23(17(2)28(3)27-16)25-12-11-18-7-9-19(10-8-18)15-26-20-13-21(29-4)24(31-6)22(14-20)30-5/h7-10,13-14,25-26H,11-12,15H2,1-6H3. The molecule has 166 valence electrons. The molecule has 3 rings (SSSR count). The van der Waals surface area contributed by atoms with Crippen molar-refractivity contribution in [3.05, 3.63) is 58.9 Å². The van der Waals surface area contributed by atoms with Gasteiger partial charge >= 0.3 is 0 Å². The lowest BCUT2D eigenvalue weighted by atomic mass is 10.1. The highest BCUT2D eigenvalue weighted by Gasteiger charge is 2.13. The minimum atomic E-state index is 0.588. The van der Waals surface area contributed by atoms with E-state index in [1.54, 1.807) is 21.3 Å². The maximum atomic E-state index is 5.42. The molecule has 0 bridgehead atoms.